The van der Waals surface area contributed by atoms with Gasteiger partial charge in [0.05, 0.1) is 0 Å². The van der Waals surface area contributed by atoms with Gasteiger partial charge in [-0.15, -0.1) is 0 Å². The van der Waals surface area contributed by atoms with Crippen molar-refractivity contribution in [2.45, 2.75) is 33.1 Å². The fourth-order valence-corrected chi connectivity index (χ4v) is 1.71. The second-order valence-electron chi connectivity index (χ2n) is 4.16. The fraction of sp³-hybridized carbons (Fsp3) is 0.462. The van der Waals surface area contributed by atoms with Crippen LogP contribution >= 0.6 is 0 Å². The Kier molecular flexibility index (Phi) is 3.87. The van der Waals surface area contributed by atoms with Gasteiger partial charge in [-0.25, -0.2) is 0 Å². The first-order valence-electron chi connectivity index (χ1n) is 5.15. The molecule has 0 unspecified atom stereocenters. The first-order valence-corrected chi connectivity index (χ1v) is 5.15. The van der Waals surface area contributed by atoms with Gasteiger partial charge in [-0.05, 0) is 24.3 Å². The fourth-order valence-electron chi connectivity index (χ4n) is 1.71. The molecule has 0 aliphatic carbocycles. The third-order valence-corrected chi connectivity index (χ3v) is 2.66. The Bertz CT molecular complexity index is 285. The summed E-state index contributed by atoms with van der Waals surface area (Å²) in [5.74, 6) is 0.885. The van der Waals surface area contributed by atoms with Crippen molar-refractivity contribution in [3.8, 4) is 0 Å². The van der Waals surface area contributed by atoms with Crippen LogP contribution in [0.5, 0.6) is 0 Å². The van der Waals surface area contributed by atoms with Gasteiger partial charge in [-0.2, -0.15) is 0 Å². The van der Waals surface area contributed by atoms with Crippen LogP contribution in [0, 0.1) is 12.8 Å². The van der Waals surface area contributed by atoms with Crippen LogP contribution in [0.3, 0.4) is 0 Å². The summed E-state index contributed by atoms with van der Waals surface area (Å²) in [6.07, 6.45) is 1.64. The number of benzene rings is 1. The molecule has 14 heavy (non-hydrogen) atoms. The zero-order valence-electron chi connectivity index (χ0n) is 9.16. The van der Waals surface area contributed by atoms with E-state index in [0.29, 0.717) is 18.3 Å². The Morgan fingerprint density at radius 1 is 1.21 bits per heavy atom. The minimum absolute atomic E-state index is 0.369. The molecule has 1 heteroatoms. The molecule has 0 saturated heterocycles. The van der Waals surface area contributed by atoms with Crippen LogP contribution in [0.2, 0.25) is 0 Å². The molecule has 0 fully saturated rings. The molecule has 0 amide bonds. The Balaban J connectivity index is 2.87. The first kappa shape index (κ1) is 11.0. The highest BCUT2D eigenvalue weighted by Gasteiger charge is 2.14. The van der Waals surface area contributed by atoms with Crippen LogP contribution in [0.4, 0.5) is 0 Å². The van der Waals surface area contributed by atoms with Gasteiger partial charge in [-0.1, -0.05) is 43.7 Å². The van der Waals surface area contributed by atoms with Gasteiger partial charge in [0.1, 0.15) is 6.29 Å². The lowest BCUT2D eigenvalue weighted by atomic mass is 9.86. The van der Waals surface area contributed by atoms with E-state index in [1.807, 2.05) is 0 Å². The van der Waals surface area contributed by atoms with Gasteiger partial charge in [0.2, 0.25) is 0 Å². The Morgan fingerprint density at radius 2 is 1.79 bits per heavy atom. The van der Waals surface area contributed by atoms with Crippen LogP contribution < -0.4 is 0 Å². The monoisotopic (exact) mass is 190 g/mol. The van der Waals surface area contributed by atoms with Crippen molar-refractivity contribution in [2.75, 3.05) is 0 Å². The summed E-state index contributed by atoms with van der Waals surface area (Å²) in [5.41, 5.74) is 2.54. The van der Waals surface area contributed by atoms with E-state index in [9.17, 15) is 4.79 Å². The summed E-state index contributed by atoms with van der Waals surface area (Å²) in [4.78, 5) is 10.6. The lowest BCUT2D eigenvalue weighted by molar-refractivity contribution is -0.108. The van der Waals surface area contributed by atoms with E-state index >= 15 is 0 Å². The molecular weight excluding hydrogens is 172 g/mol. The summed E-state index contributed by atoms with van der Waals surface area (Å²) < 4.78 is 0. The second kappa shape index (κ2) is 4.94. The maximum Gasteiger partial charge on any atom is 0.120 e. The number of aryl methyl sites for hydroxylation is 1. The van der Waals surface area contributed by atoms with Gasteiger partial charge < -0.3 is 4.79 Å². The summed E-state index contributed by atoms with van der Waals surface area (Å²) in [5, 5.41) is 0. The van der Waals surface area contributed by atoms with E-state index in [1.165, 1.54) is 11.1 Å². The molecule has 1 nitrogen and oxygen atoms in total. The lowest BCUT2D eigenvalue weighted by Crippen LogP contribution is -2.07. The minimum Gasteiger partial charge on any atom is -0.303 e. The van der Waals surface area contributed by atoms with Gasteiger partial charge in [0.25, 0.3) is 0 Å². The predicted octanol–water partition coefficient (Wildman–Crippen LogP) is 3.32. The number of carbonyl (C=O) groups excluding carboxylic acids is 1. The van der Waals surface area contributed by atoms with Crippen molar-refractivity contribution in [3.63, 3.8) is 0 Å². The van der Waals surface area contributed by atoms with E-state index in [-0.39, 0.29) is 0 Å². The standard InChI is InChI=1S/C13H18O/c1-10(2)13(8-9-14)12-6-4-11(3)5-7-12/h4-7,9-10,13H,8H2,1-3H3/t13-/m1/s1. The molecular formula is C13H18O. The van der Waals surface area contributed by atoms with Gasteiger partial charge in [0.15, 0.2) is 0 Å². The highest BCUT2D eigenvalue weighted by Crippen LogP contribution is 2.26. The Morgan fingerprint density at radius 3 is 2.21 bits per heavy atom. The van der Waals surface area contributed by atoms with Crippen molar-refractivity contribution >= 4 is 6.29 Å². The maximum atomic E-state index is 10.6. The van der Waals surface area contributed by atoms with Crippen molar-refractivity contribution < 1.29 is 4.79 Å². The highest BCUT2D eigenvalue weighted by molar-refractivity contribution is 5.51. The topological polar surface area (TPSA) is 17.1 Å². The number of hydrogen-bond donors (Lipinski definition) is 0. The molecule has 0 radical (unpaired) electrons. The average Bonchev–Trinajstić information content (AvgIpc) is 2.15. The van der Waals surface area contributed by atoms with Crippen LogP contribution in [0.15, 0.2) is 24.3 Å². The molecule has 0 N–H and O–H groups in total. The zero-order chi connectivity index (χ0) is 10.6. The normalized spacial score (nSPS) is 12.9. The zero-order valence-corrected chi connectivity index (χ0v) is 9.16. The largest absolute Gasteiger partial charge is 0.303 e. The lowest BCUT2D eigenvalue weighted by Gasteiger charge is -2.18. The number of carbonyl (C=O) groups is 1. The number of hydrogen-bond acceptors (Lipinski definition) is 1. The summed E-state index contributed by atoms with van der Waals surface area (Å²) in [6, 6.07) is 8.47. The molecule has 0 saturated carbocycles. The van der Waals surface area contributed by atoms with Gasteiger partial charge >= 0.3 is 0 Å². The molecule has 0 aliphatic heterocycles. The number of aldehydes is 1. The van der Waals surface area contributed by atoms with E-state index in [1.54, 1.807) is 0 Å². The third kappa shape index (κ3) is 2.69. The minimum atomic E-state index is 0.369. The van der Waals surface area contributed by atoms with Crippen molar-refractivity contribution in [2.24, 2.45) is 5.92 Å². The predicted molar refractivity (Wildman–Crippen MR) is 59.4 cm³/mol. The molecule has 1 rings (SSSR count). The maximum absolute atomic E-state index is 10.6. The highest BCUT2D eigenvalue weighted by atomic mass is 16.1. The second-order valence-corrected chi connectivity index (χ2v) is 4.16. The summed E-state index contributed by atoms with van der Waals surface area (Å²) in [7, 11) is 0. The van der Waals surface area contributed by atoms with E-state index in [2.05, 4.69) is 45.0 Å². The average molecular weight is 190 g/mol. The molecule has 0 heterocycles. The summed E-state index contributed by atoms with van der Waals surface area (Å²) in [6.45, 7) is 6.40. The van der Waals surface area contributed by atoms with Crippen molar-refractivity contribution in [1.82, 2.24) is 0 Å². The quantitative estimate of drug-likeness (QED) is 0.666. The first-order chi connectivity index (χ1) is 6.65. The smallest absolute Gasteiger partial charge is 0.120 e. The third-order valence-electron chi connectivity index (χ3n) is 2.66. The molecule has 1 aromatic carbocycles. The molecule has 0 aromatic heterocycles. The molecule has 0 aliphatic rings. The molecule has 1 atom stereocenters. The van der Waals surface area contributed by atoms with Crippen molar-refractivity contribution in [3.05, 3.63) is 35.4 Å². The van der Waals surface area contributed by atoms with E-state index in [0.717, 1.165) is 6.29 Å². The van der Waals surface area contributed by atoms with E-state index in [4.69, 9.17) is 0 Å². The molecule has 0 spiro atoms. The van der Waals surface area contributed by atoms with E-state index < -0.39 is 0 Å². The molecule has 0 bridgehead atoms. The number of rotatable bonds is 4. The summed E-state index contributed by atoms with van der Waals surface area (Å²) >= 11 is 0. The van der Waals surface area contributed by atoms with Gasteiger partial charge in [0, 0.05) is 6.42 Å². The van der Waals surface area contributed by atoms with Crippen LogP contribution in [-0.4, -0.2) is 6.29 Å². The van der Waals surface area contributed by atoms with Crippen LogP contribution in [0.25, 0.3) is 0 Å². The SMILES string of the molecule is Cc1ccc([C@H](CC=O)C(C)C)cc1. The van der Waals surface area contributed by atoms with Crippen LogP contribution in [0.1, 0.15) is 37.3 Å². The van der Waals surface area contributed by atoms with Gasteiger partial charge in [-0.3, -0.25) is 0 Å². The molecule has 1 aromatic rings. The Labute approximate surface area is 86.1 Å². The molecule has 76 valence electrons. The van der Waals surface area contributed by atoms with Crippen molar-refractivity contribution in [1.29, 1.82) is 0 Å². The van der Waals surface area contributed by atoms with Crippen LogP contribution in [-0.2, 0) is 4.79 Å². The Hall–Kier alpha value is -1.11.